The van der Waals surface area contributed by atoms with Crippen molar-refractivity contribution in [1.82, 2.24) is 0 Å². The van der Waals surface area contributed by atoms with E-state index in [0.717, 1.165) is 10.1 Å². The minimum absolute atomic E-state index is 0.803. The van der Waals surface area contributed by atoms with Gasteiger partial charge in [-0.1, -0.05) is 22.4 Å². The van der Waals surface area contributed by atoms with E-state index in [1.54, 1.807) is 0 Å². The fourth-order valence-electron chi connectivity index (χ4n) is 1.15. The van der Waals surface area contributed by atoms with Crippen molar-refractivity contribution in [3.63, 3.8) is 0 Å². The van der Waals surface area contributed by atoms with Gasteiger partial charge in [0.1, 0.15) is 0 Å². The summed E-state index contributed by atoms with van der Waals surface area (Å²) in [4.78, 5) is 0.803. The molecule has 0 saturated heterocycles. The lowest BCUT2D eigenvalue weighted by Gasteiger charge is -2.08. The van der Waals surface area contributed by atoms with Crippen molar-refractivity contribution in [2.24, 2.45) is 0 Å². The lowest BCUT2D eigenvalue weighted by Crippen LogP contribution is -2.06. The van der Waals surface area contributed by atoms with E-state index >= 15 is 0 Å². The van der Waals surface area contributed by atoms with Gasteiger partial charge in [-0.05, 0) is 19.1 Å². The largest absolute Gasteiger partial charge is 0.161 e. The summed E-state index contributed by atoms with van der Waals surface area (Å²) in [5, 5.41) is 0.898. The maximum absolute atomic E-state index is 3.64. The van der Waals surface area contributed by atoms with Crippen molar-refractivity contribution in [3.05, 3.63) is 0 Å². The van der Waals surface area contributed by atoms with Crippen LogP contribution in [-0.2, 0) is 0 Å². The normalized spacial score (nSPS) is 38.2. The number of halogens is 1. The summed E-state index contributed by atoms with van der Waals surface area (Å²) in [7, 11) is 0. The third-order valence-electron chi connectivity index (χ3n) is 1.67. The van der Waals surface area contributed by atoms with Crippen LogP contribution in [-0.4, -0.2) is 16.3 Å². The number of hydrogen-bond acceptors (Lipinski definition) is 1. The molecule has 0 amide bonds. The molecular formula is C6H11BrS. The van der Waals surface area contributed by atoms with E-state index in [9.17, 15) is 0 Å². The summed E-state index contributed by atoms with van der Waals surface area (Å²) in [5.41, 5.74) is 0. The molecule has 0 aliphatic heterocycles. The second kappa shape index (κ2) is 3.11. The Hall–Kier alpha value is 0.830. The highest BCUT2D eigenvalue weighted by Gasteiger charge is 2.23. The molecule has 0 N–H and O–H groups in total. The molecule has 2 atom stereocenters. The minimum atomic E-state index is 0.803. The standard InChI is InChI=1S/C6H11BrS/c1-8-6-4-2-3-5(6)7/h5-6H,2-4H2,1H3. The quantitative estimate of drug-likeness (QED) is 0.579. The highest BCUT2D eigenvalue weighted by atomic mass is 79.9. The predicted molar refractivity (Wildman–Crippen MR) is 43.9 cm³/mol. The Bertz CT molecular complexity index is 74.9. The summed E-state index contributed by atoms with van der Waals surface area (Å²) in [6, 6.07) is 0. The average Bonchev–Trinajstić information content (AvgIpc) is 2.14. The van der Waals surface area contributed by atoms with E-state index in [2.05, 4.69) is 22.2 Å². The lowest BCUT2D eigenvalue weighted by molar-refractivity contribution is 0.892. The van der Waals surface area contributed by atoms with Gasteiger partial charge in [0.25, 0.3) is 0 Å². The second-order valence-electron chi connectivity index (χ2n) is 2.22. The van der Waals surface area contributed by atoms with E-state index in [1.807, 2.05) is 11.8 Å². The van der Waals surface area contributed by atoms with Gasteiger partial charge in [-0.3, -0.25) is 0 Å². The van der Waals surface area contributed by atoms with Crippen LogP contribution in [0.15, 0.2) is 0 Å². The van der Waals surface area contributed by atoms with Gasteiger partial charge >= 0.3 is 0 Å². The molecule has 1 saturated carbocycles. The van der Waals surface area contributed by atoms with Gasteiger partial charge in [0.2, 0.25) is 0 Å². The molecule has 2 unspecified atom stereocenters. The zero-order valence-electron chi connectivity index (χ0n) is 5.06. The fourth-order valence-corrected chi connectivity index (χ4v) is 3.22. The van der Waals surface area contributed by atoms with Crippen LogP contribution in [0.2, 0.25) is 0 Å². The van der Waals surface area contributed by atoms with Crippen LogP contribution in [0.5, 0.6) is 0 Å². The summed E-state index contributed by atoms with van der Waals surface area (Å²) < 4.78 is 0. The van der Waals surface area contributed by atoms with Crippen LogP contribution in [0.3, 0.4) is 0 Å². The number of thioether (sulfide) groups is 1. The molecule has 0 aromatic rings. The molecule has 1 rings (SSSR count). The SMILES string of the molecule is CSC1CCCC1Br. The lowest BCUT2D eigenvalue weighted by atomic mass is 10.4. The first-order valence-corrected chi connectivity index (χ1v) is 5.22. The van der Waals surface area contributed by atoms with Crippen molar-refractivity contribution in [2.45, 2.75) is 29.3 Å². The Kier molecular flexibility index (Phi) is 2.70. The Morgan fingerprint density at radius 2 is 2.25 bits per heavy atom. The third kappa shape index (κ3) is 1.41. The molecule has 0 bridgehead atoms. The van der Waals surface area contributed by atoms with Crippen molar-refractivity contribution in [1.29, 1.82) is 0 Å². The first kappa shape index (κ1) is 6.94. The van der Waals surface area contributed by atoms with Crippen LogP contribution in [0, 0.1) is 0 Å². The fraction of sp³-hybridized carbons (Fsp3) is 1.00. The first-order chi connectivity index (χ1) is 3.84. The topological polar surface area (TPSA) is 0 Å². The molecule has 1 aliphatic rings. The van der Waals surface area contributed by atoms with Gasteiger partial charge in [0, 0.05) is 10.1 Å². The van der Waals surface area contributed by atoms with Crippen LogP contribution < -0.4 is 0 Å². The molecule has 1 aliphatic carbocycles. The summed E-state index contributed by atoms with van der Waals surface area (Å²) >= 11 is 5.64. The highest BCUT2D eigenvalue weighted by molar-refractivity contribution is 9.09. The molecular weight excluding hydrogens is 184 g/mol. The van der Waals surface area contributed by atoms with Crippen molar-refractivity contribution < 1.29 is 0 Å². The van der Waals surface area contributed by atoms with E-state index in [0.29, 0.717) is 0 Å². The summed E-state index contributed by atoms with van der Waals surface area (Å²) in [6.45, 7) is 0. The Balaban J connectivity index is 2.30. The molecule has 0 aromatic heterocycles. The maximum Gasteiger partial charge on any atom is 0.0264 e. The van der Waals surface area contributed by atoms with Crippen molar-refractivity contribution in [2.75, 3.05) is 6.26 Å². The molecule has 48 valence electrons. The number of hydrogen-bond donors (Lipinski definition) is 0. The van der Waals surface area contributed by atoms with Crippen molar-refractivity contribution in [3.8, 4) is 0 Å². The Morgan fingerprint density at radius 1 is 1.50 bits per heavy atom. The van der Waals surface area contributed by atoms with Gasteiger partial charge in [-0.25, -0.2) is 0 Å². The van der Waals surface area contributed by atoms with Gasteiger partial charge in [-0.15, -0.1) is 0 Å². The van der Waals surface area contributed by atoms with Crippen LogP contribution in [0.1, 0.15) is 19.3 Å². The molecule has 2 heteroatoms. The zero-order chi connectivity index (χ0) is 5.98. The van der Waals surface area contributed by atoms with Gasteiger partial charge < -0.3 is 0 Å². The van der Waals surface area contributed by atoms with Gasteiger partial charge in [0.05, 0.1) is 0 Å². The molecule has 1 fully saturated rings. The minimum Gasteiger partial charge on any atom is -0.161 e. The zero-order valence-corrected chi connectivity index (χ0v) is 7.46. The smallest absolute Gasteiger partial charge is 0.0264 e. The Labute approximate surface area is 63.5 Å². The molecule has 8 heavy (non-hydrogen) atoms. The average molecular weight is 195 g/mol. The maximum atomic E-state index is 3.64. The predicted octanol–water partition coefficient (Wildman–Crippen LogP) is 2.67. The molecule has 0 spiro atoms. The van der Waals surface area contributed by atoms with E-state index in [-0.39, 0.29) is 0 Å². The molecule has 0 nitrogen and oxygen atoms in total. The monoisotopic (exact) mass is 194 g/mol. The molecule has 0 aromatic carbocycles. The highest BCUT2D eigenvalue weighted by Crippen LogP contribution is 2.33. The van der Waals surface area contributed by atoms with Crippen LogP contribution >= 0.6 is 27.7 Å². The van der Waals surface area contributed by atoms with E-state index < -0.39 is 0 Å². The number of alkyl halides is 1. The van der Waals surface area contributed by atoms with Gasteiger partial charge in [-0.2, -0.15) is 11.8 Å². The molecule has 0 heterocycles. The summed E-state index contributed by atoms with van der Waals surface area (Å²) in [5.74, 6) is 0. The van der Waals surface area contributed by atoms with Crippen LogP contribution in [0.4, 0.5) is 0 Å². The van der Waals surface area contributed by atoms with E-state index in [1.165, 1.54) is 19.3 Å². The van der Waals surface area contributed by atoms with Gasteiger partial charge in [0.15, 0.2) is 0 Å². The van der Waals surface area contributed by atoms with E-state index in [4.69, 9.17) is 0 Å². The Morgan fingerprint density at radius 3 is 2.50 bits per heavy atom. The van der Waals surface area contributed by atoms with Crippen molar-refractivity contribution >= 4 is 27.7 Å². The van der Waals surface area contributed by atoms with Crippen LogP contribution in [0.25, 0.3) is 0 Å². The number of rotatable bonds is 1. The first-order valence-electron chi connectivity index (χ1n) is 3.01. The molecule has 0 radical (unpaired) electrons. The third-order valence-corrected chi connectivity index (χ3v) is 4.29. The summed E-state index contributed by atoms with van der Waals surface area (Å²) in [6.07, 6.45) is 6.41. The second-order valence-corrected chi connectivity index (χ2v) is 4.47.